The van der Waals surface area contributed by atoms with Gasteiger partial charge in [-0.25, -0.2) is 0 Å². The van der Waals surface area contributed by atoms with Gasteiger partial charge in [-0.05, 0) is 58.3 Å². The molecule has 0 bridgehead atoms. The third-order valence-corrected chi connectivity index (χ3v) is 4.64. The topological polar surface area (TPSA) is 40.1 Å². The van der Waals surface area contributed by atoms with Crippen LogP contribution in [0.1, 0.15) is 38.2 Å². The van der Waals surface area contributed by atoms with Crippen LogP contribution in [0.3, 0.4) is 0 Å². The SMILES string of the molecule is CCNC(=NCCCCN1CCCC1)N(C)Cc1ccccc1OC. The van der Waals surface area contributed by atoms with Crippen LogP contribution in [0.25, 0.3) is 0 Å². The van der Waals surface area contributed by atoms with Crippen LogP contribution in [0.5, 0.6) is 5.75 Å². The minimum atomic E-state index is 0.781. The molecule has 1 heterocycles. The summed E-state index contributed by atoms with van der Waals surface area (Å²) in [4.78, 5) is 9.54. The zero-order valence-electron chi connectivity index (χ0n) is 16.1. The van der Waals surface area contributed by atoms with Crippen molar-refractivity contribution in [2.24, 2.45) is 4.99 Å². The van der Waals surface area contributed by atoms with Crippen LogP contribution >= 0.6 is 0 Å². The lowest BCUT2D eigenvalue weighted by Crippen LogP contribution is -2.38. The molecule has 0 spiro atoms. The van der Waals surface area contributed by atoms with Crippen LogP contribution in [0.15, 0.2) is 29.3 Å². The van der Waals surface area contributed by atoms with E-state index in [4.69, 9.17) is 9.73 Å². The van der Waals surface area contributed by atoms with Crippen molar-refractivity contribution in [3.05, 3.63) is 29.8 Å². The quantitative estimate of drug-likeness (QED) is 0.424. The molecule has 0 atom stereocenters. The number of likely N-dealkylation sites (tertiary alicyclic amines) is 1. The first kappa shape index (κ1) is 19.6. The van der Waals surface area contributed by atoms with Crippen molar-refractivity contribution in [1.82, 2.24) is 15.1 Å². The van der Waals surface area contributed by atoms with E-state index in [9.17, 15) is 0 Å². The fourth-order valence-corrected chi connectivity index (χ4v) is 3.27. The van der Waals surface area contributed by atoms with E-state index in [0.29, 0.717) is 0 Å². The Bertz CT molecular complexity index is 526. The average molecular weight is 347 g/mol. The van der Waals surface area contributed by atoms with Crippen molar-refractivity contribution in [2.45, 2.75) is 39.2 Å². The molecule has 5 heteroatoms. The standard InChI is InChI=1S/C20H34N4O/c1-4-21-20(22-13-7-8-14-24-15-9-10-16-24)23(2)17-18-11-5-6-12-19(18)25-3/h5-6,11-12H,4,7-10,13-17H2,1-3H3,(H,21,22). The van der Waals surface area contributed by atoms with E-state index in [1.54, 1.807) is 7.11 Å². The monoisotopic (exact) mass is 346 g/mol. The maximum absolute atomic E-state index is 5.46. The van der Waals surface area contributed by atoms with Gasteiger partial charge in [0, 0.05) is 32.2 Å². The Morgan fingerprint density at radius 2 is 2.00 bits per heavy atom. The second-order valence-corrected chi connectivity index (χ2v) is 6.66. The summed E-state index contributed by atoms with van der Waals surface area (Å²) in [6, 6.07) is 8.16. The van der Waals surface area contributed by atoms with Crippen molar-refractivity contribution in [3.8, 4) is 5.75 Å². The fraction of sp³-hybridized carbons (Fsp3) is 0.650. The van der Waals surface area contributed by atoms with E-state index in [1.165, 1.54) is 44.5 Å². The second kappa shape index (κ2) is 11.0. The normalized spacial score (nSPS) is 15.4. The molecule has 0 amide bonds. The third kappa shape index (κ3) is 6.58. The van der Waals surface area contributed by atoms with E-state index in [2.05, 4.69) is 35.2 Å². The Kier molecular flexibility index (Phi) is 8.60. The van der Waals surface area contributed by atoms with E-state index in [0.717, 1.165) is 37.8 Å². The number of unbranched alkanes of at least 4 members (excludes halogenated alkanes) is 1. The summed E-state index contributed by atoms with van der Waals surface area (Å²) < 4.78 is 5.46. The lowest BCUT2D eigenvalue weighted by molar-refractivity contribution is 0.331. The number of para-hydroxylation sites is 1. The molecule has 1 aromatic carbocycles. The van der Waals surface area contributed by atoms with Gasteiger partial charge in [0.05, 0.1) is 7.11 Å². The summed E-state index contributed by atoms with van der Waals surface area (Å²) in [5.41, 5.74) is 1.17. The Labute approximate surface area is 153 Å². The van der Waals surface area contributed by atoms with Crippen LogP contribution in [0, 0.1) is 0 Å². The Hall–Kier alpha value is -1.75. The van der Waals surface area contributed by atoms with E-state index in [1.807, 2.05) is 18.2 Å². The average Bonchev–Trinajstić information content (AvgIpc) is 3.14. The largest absolute Gasteiger partial charge is 0.496 e. The zero-order chi connectivity index (χ0) is 17.9. The molecule has 140 valence electrons. The van der Waals surface area contributed by atoms with Crippen molar-refractivity contribution >= 4 is 5.96 Å². The van der Waals surface area contributed by atoms with E-state index < -0.39 is 0 Å². The molecule has 1 saturated heterocycles. The molecule has 0 unspecified atom stereocenters. The maximum atomic E-state index is 5.46. The number of aliphatic imine (C=N–C) groups is 1. The molecule has 25 heavy (non-hydrogen) atoms. The Morgan fingerprint density at radius 1 is 1.24 bits per heavy atom. The first-order valence-corrected chi connectivity index (χ1v) is 9.58. The number of nitrogens with zero attached hydrogens (tertiary/aromatic N) is 3. The number of ether oxygens (including phenoxy) is 1. The third-order valence-electron chi connectivity index (χ3n) is 4.64. The molecule has 0 saturated carbocycles. The minimum absolute atomic E-state index is 0.781. The first-order chi connectivity index (χ1) is 12.2. The maximum Gasteiger partial charge on any atom is 0.193 e. The minimum Gasteiger partial charge on any atom is -0.496 e. The summed E-state index contributed by atoms with van der Waals surface area (Å²) in [6.45, 7) is 8.45. The van der Waals surface area contributed by atoms with Crippen LogP contribution in [-0.4, -0.2) is 62.6 Å². The molecule has 1 aliphatic heterocycles. The number of hydrogen-bond acceptors (Lipinski definition) is 3. The predicted molar refractivity (Wildman–Crippen MR) is 105 cm³/mol. The summed E-state index contributed by atoms with van der Waals surface area (Å²) in [6.07, 6.45) is 5.12. The molecule has 1 aromatic rings. The van der Waals surface area contributed by atoms with Crippen molar-refractivity contribution in [2.75, 3.05) is 46.9 Å². The zero-order valence-corrected chi connectivity index (χ0v) is 16.1. The number of guanidine groups is 1. The lowest BCUT2D eigenvalue weighted by atomic mass is 10.2. The molecular weight excluding hydrogens is 312 g/mol. The fourth-order valence-electron chi connectivity index (χ4n) is 3.27. The number of hydrogen-bond donors (Lipinski definition) is 1. The highest BCUT2D eigenvalue weighted by atomic mass is 16.5. The molecule has 0 aromatic heterocycles. The van der Waals surface area contributed by atoms with E-state index >= 15 is 0 Å². The van der Waals surface area contributed by atoms with Gasteiger partial charge in [0.1, 0.15) is 5.75 Å². The van der Waals surface area contributed by atoms with E-state index in [-0.39, 0.29) is 0 Å². The van der Waals surface area contributed by atoms with Gasteiger partial charge in [0.2, 0.25) is 0 Å². The number of methoxy groups -OCH3 is 1. The smallest absolute Gasteiger partial charge is 0.193 e. The Morgan fingerprint density at radius 3 is 2.72 bits per heavy atom. The number of rotatable bonds is 9. The Balaban J connectivity index is 1.82. The van der Waals surface area contributed by atoms with Gasteiger partial charge in [-0.1, -0.05) is 18.2 Å². The highest BCUT2D eigenvalue weighted by molar-refractivity contribution is 5.79. The van der Waals surface area contributed by atoms with Gasteiger partial charge in [-0.15, -0.1) is 0 Å². The van der Waals surface area contributed by atoms with Gasteiger partial charge in [0.15, 0.2) is 5.96 Å². The summed E-state index contributed by atoms with van der Waals surface area (Å²) in [7, 11) is 3.80. The van der Waals surface area contributed by atoms with Gasteiger partial charge >= 0.3 is 0 Å². The lowest BCUT2D eigenvalue weighted by Gasteiger charge is -2.23. The van der Waals surface area contributed by atoms with Crippen molar-refractivity contribution in [1.29, 1.82) is 0 Å². The first-order valence-electron chi connectivity index (χ1n) is 9.58. The molecule has 2 rings (SSSR count). The second-order valence-electron chi connectivity index (χ2n) is 6.66. The van der Waals surface area contributed by atoms with Gasteiger partial charge < -0.3 is 19.9 Å². The highest BCUT2D eigenvalue weighted by Gasteiger charge is 2.11. The summed E-state index contributed by atoms with van der Waals surface area (Å²) in [5, 5.41) is 3.40. The summed E-state index contributed by atoms with van der Waals surface area (Å²) in [5.74, 6) is 1.89. The molecule has 1 fully saturated rings. The van der Waals surface area contributed by atoms with Crippen LogP contribution in [0.4, 0.5) is 0 Å². The predicted octanol–water partition coefficient (Wildman–Crippen LogP) is 2.97. The van der Waals surface area contributed by atoms with Crippen LogP contribution in [-0.2, 0) is 6.54 Å². The molecule has 5 nitrogen and oxygen atoms in total. The number of benzene rings is 1. The highest BCUT2D eigenvalue weighted by Crippen LogP contribution is 2.18. The summed E-state index contributed by atoms with van der Waals surface area (Å²) >= 11 is 0. The molecule has 0 aliphatic carbocycles. The van der Waals surface area contributed by atoms with Crippen molar-refractivity contribution < 1.29 is 4.74 Å². The number of nitrogens with one attached hydrogen (secondary N) is 1. The van der Waals surface area contributed by atoms with Crippen molar-refractivity contribution in [3.63, 3.8) is 0 Å². The van der Waals surface area contributed by atoms with Crippen LogP contribution < -0.4 is 10.1 Å². The molecular formula is C20H34N4O. The van der Waals surface area contributed by atoms with Crippen LogP contribution in [0.2, 0.25) is 0 Å². The molecule has 1 aliphatic rings. The molecule has 1 N–H and O–H groups in total. The van der Waals surface area contributed by atoms with Gasteiger partial charge in [0.25, 0.3) is 0 Å². The molecule has 0 radical (unpaired) electrons. The van der Waals surface area contributed by atoms with Gasteiger partial charge in [-0.2, -0.15) is 0 Å². The van der Waals surface area contributed by atoms with Gasteiger partial charge in [-0.3, -0.25) is 4.99 Å².